The summed E-state index contributed by atoms with van der Waals surface area (Å²) >= 11 is 6.10. The number of para-hydroxylation sites is 2. The van der Waals surface area contributed by atoms with E-state index in [1.807, 2.05) is 38.1 Å². The molecule has 2 aromatic carbocycles. The average Bonchev–Trinajstić information content (AvgIpc) is 2.59. The van der Waals surface area contributed by atoms with E-state index in [1.165, 1.54) is 11.8 Å². The number of hydrogen-bond acceptors (Lipinski definition) is 3. The Bertz CT molecular complexity index is 777. The summed E-state index contributed by atoms with van der Waals surface area (Å²) in [7, 11) is 0. The van der Waals surface area contributed by atoms with E-state index in [2.05, 4.69) is 5.32 Å². The zero-order valence-electron chi connectivity index (χ0n) is 15.2. The van der Waals surface area contributed by atoms with Crippen LogP contribution in [-0.4, -0.2) is 24.5 Å². The molecule has 0 bridgehead atoms. The maximum absolute atomic E-state index is 12.4. The Morgan fingerprint density at radius 2 is 1.77 bits per heavy atom. The lowest BCUT2D eigenvalue weighted by Crippen LogP contribution is -2.39. The molecule has 5 nitrogen and oxygen atoms in total. The fraction of sp³-hybridized carbons (Fsp3) is 0.300. The van der Waals surface area contributed by atoms with Crippen molar-refractivity contribution in [1.29, 1.82) is 0 Å². The van der Waals surface area contributed by atoms with Gasteiger partial charge in [-0.25, -0.2) is 0 Å². The normalized spacial score (nSPS) is 10.5. The van der Waals surface area contributed by atoms with E-state index in [9.17, 15) is 9.59 Å². The lowest BCUT2D eigenvalue weighted by Gasteiger charge is -2.24. The molecule has 138 valence electrons. The van der Waals surface area contributed by atoms with E-state index in [0.29, 0.717) is 23.0 Å². The summed E-state index contributed by atoms with van der Waals surface area (Å²) in [6.45, 7) is 5.44. The smallest absolute Gasteiger partial charge is 0.240 e. The second-order valence-electron chi connectivity index (χ2n) is 6.11. The van der Waals surface area contributed by atoms with Crippen LogP contribution in [0.15, 0.2) is 48.5 Å². The lowest BCUT2D eigenvalue weighted by atomic mass is 10.2. The van der Waals surface area contributed by atoms with Crippen molar-refractivity contribution >= 4 is 29.1 Å². The van der Waals surface area contributed by atoms with E-state index < -0.39 is 0 Å². The van der Waals surface area contributed by atoms with Gasteiger partial charge >= 0.3 is 0 Å². The average molecular weight is 375 g/mol. The van der Waals surface area contributed by atoms with Crippen molar-refractivity contribution in [2.75, 3.05) is 11.4 Å². The van der Waals surface area contributed by atoms with Gasteiger partial charge < -0.3 is 10.1 Å². The van der Waals surface area contributed by atoms with Crippen molar-refractivity contribution in [3.8, 4) is 5.75 Å². The molecule has 0 aliphatic rings. The van der Waals surface area contributed by atoms with Crippen molar-refractivity contribution in [1.82, 2.24) is 5.32 Å². The number of carbonyl (C=O) groups excluding carboxylic acids is 2. The molecule has 0 spiro atoms. The molecule has 0 radical (unpaired) electrons. The molecule has 1 N–H and O–H groups in total. The Labute approximate surface area is 158 Å². The van der Waals surface area contributed by atoms with Gasteiger partial charge in [-0.1, -0.05) is 41.9 Å². The van der Waals surface area contributed by atoms with Crippen LogP contribution in [0.1, 0.15) is 26.3 Å². The minimum absolute atomic E-state index is 0.0426. The minimum Gasteiger partial charge on any atom is -0.489 e. The number of rotatable bonds is 7. The number of benzene rings is 2. The number of hydrogen-bond donors (Lipinski definition) is 1. The summed E-state index contributed by atoms with van der Waals surface area (Å²) in [5.41, 5.74) is 1.39. The standard InChI is InChI=1S/C20H23ClN2O3/c1-14(2)26-19-11-7-6-10-18(19)23(15(3)24)13-20(25)22-12-16-8-4-5-9-17(16)21/h4-11,14H,12-13H2,1-3H3,(H,22,25). The molecule has 0 aromatic heterocycles. The number of halogens is 1. The molecule has 0 heterocycles. The molecule has 0 unspecified atom stereocenters. The number of nitrogens with zero attached hydrogens (tertiary/aromatic N) is 1. The van der Waals surface area contributed by atoms with Crippen LogP contribution in [0.2, 0.25) is 5.02 Å². The van der Waals surface area contributed by atoms with Gasteiger partial charge in [-0.05, 0) is 37.6 Å². The first-order chi connectivity index (χ1) is 12.4. The van der Waals surface area contributed by atoms with Gasteiger partial charge in [0.1, 0.15) is 12.3 Å². The fourth-order valence-corrected chi connectivity index (χ4v) is 2.64. The highest BCUT2D eigenvalue weighted by atomic mass is 35.5. The maximum atomic E-state index is 12.4. The van der Waals surface area contributed by atoms with Crippen molar-refractivity contribution in [2.24, 2.45) is 0 Å². The van der Waals surface area contributed by atoms with Crippen LogP contribution >= 0.6 is 11.6 Å². The van der Waals surface area contributed by atoms with Gasteiger partial charge in [0.15, 0.2) is 0 Å². The van der Waals surface area contributed by atoms with Gasteiger partial charge in [-0.15, -0.1) is 0 Å². The minimum atomic E-state index is -0.278. The van der Waals surface area contributed by atoms with Crippen molar-refractivity contribution in [2.45, 2.75) is 33.4 Å². The second kappa shape index (κ2) is 9.25. The Hall–Kier alpha value is -2.53. The van der Waals surface area contributed by atoms with Crippen molar-refractivity contribution in [3.05, 3.63) is 59.1 Å². The maximum Gasteiger partial charge on any atom is 0.240 e. The molecular weight excluding hydrogens is 352 g/mol. The van der Waals surface area contributed by atoms with Crippen LogP contribution in [0.3, 0.4) is 0 Å². The van der Waals surface area contributed by atoms with E-state index in [1.54, 1.807) is 24.3 Å². The number of ether oxygens (including phenoxy) is 1. The first kappa shape index (κ1) is 19.8. The summed E-state index contributed by atoms with van der Waals surface area (Å²) in [6, 6.07) is 14.5. The van der Waals surface area contributed by atoms with E-state index in [-0.39, 0.29) is 24.5 Å². The fourth-order valence-electron chi connectivity index (χ4n) is 2.43. The number of amides is 2. The highest BCUT2D eigenvalue weighted by Crippen LogP contribution is 2.29. The summed E-state index contributed by atoms with van der Waals surface area (Å²) in [4.78, 5) is 25.9. The van der Waals surface area contributed by atoms with Crippen LogP contribution in [0.25, 0.3) is 0 Å². The van der Waals surface area contributed by atoms with Gasteiger partial charge in [0, 0.05) is 18.5 Å². The Morgan fingerprint density at radius 1 is 1.12 bits per heavy atom. The second-order valence-corrected chi connectivity index (χ2v) is 6.51. The molecule has 2 amide bonds. The monoisotopic (exact) mass is 374 g/mol. The molecule has 0 aliphatic heterocycles. The SMILES string of the molecule is CC(=O)N(CC(=O)NCc1ccccc1Cl)c1ccccc1OC(C)C. The van der Waals surface area contributed by atoms with Crippen LogP contribution in [0.4, 0.5) is 5.69 Å². The quantitative estimate of drug-likeness (QED) is 0.802. The Balaban J connectivity index is 2.10. The highest BCUT2D eigenvalue weighted by Gasteiger charge is 2.20. The predicted molar refractivity (Wildman–Crippen MR) is 104 cm³/mol. The molecular formula is C20H23ClN2O3. The lowest BCUT2D eigenvalue weighted by molar-refractivity contribution is -0.123. The van der Waals surface area contributed by atoms with Gasteiger partial charge in [-0.3, -0.25) is 14.5 Å². The van der Waals surface area contributed by atoms with Gasteiger partial charge in [-0.2, -0.15) is 0 Å². The summed E-state index contributed by atoms with van der Waals surface area (Å²) in [5, 5.41) is 3.39. The van der Waals surface area contributed by atoms with Gasteiger partial charge in [0.25, 0.3) is 0 Å². The summed E-state index contributed by atoms with van der Waals surface area (Å²) in [6.07, 6.45) is -0.0426. The molecule has 6 heteroatoms. The Kier molecular flexibility index (Phi) is 7.04. The molecule has 26 heavy (non-hydrogen) atoms. The van der Waals surface area contributed by atoms with E-state index >= 15 is 0 Å². The third kappa shape index (κ3) is 5.49. The zero-order valence-corrected chi connectivity index (χ0v) is 15.9. The summed E-state index contributed by atoms with van der Waals surface area (Å²) < 4.78 is 5.76. The van der Waals surface area contributed by atoms with Crippen LogP contribution in [0.5, 0.6) is 5.75 Å². The van der Waals surface area contributed by atoms with Crippen LogP contribution in [0, 0.1) is 0 Å². The number of anilines is 1. The largest absolute Gasteiger partial charge is 0.489 e. The van der Waals surface area contributed by atoms with Gasteiger partial charge in [0.2, 0.25) is 11.8 Å². The number of carbonyl (C=O) groups is 2. The van der Waals surface area contributed by atoms with Crippen molar-refractivity contribution < 1.29 is 14.3 Å². The van der Waals surface area contributed by atoms with Gasteiger partial charge in [0.05, 0.1) is 11.8 Å². The molecule has 0 saturated heterocycles. The van der Waals surface area contributed by atoms with Crippen LogP contribution in [-0.2, 0) is 16.1 Å². The molecule has 0 atom stereocenters. The molecule has 0 aliphatic carbocycles. The first-order valence-electron chi connectivity index (χ1n) is 8.42. The molecule has 2 aromatic rings. The van der Waals surface area contributed by atoms with E-state index in [0.717, 1.165) is 5.56 Å². The molecule has 0 fully saturated rings. The Morgan fingerprint density at radius 3 is 2.42 bits per heavy atom. The molecule has 2 rings (SSSR count). The predicted octanol–water partition coefficient (Wildman–Crippen LogP) is 3.80. The van der Waals surface area contributed by atoms with E-state index in [4.69, 9.17) is 16.3 Å². The zero-order chi connectivity index (χ0) is 19.1. The summed E-state index contributed by atoms with van der Waals surface area (Å²) in [5.74, 6) is 0.0498. The third-order valence-electron chi connectivity index (χ3n) is 3.63. The third-order valence-corrected chi connectivity index (χ3v) is 4.00. The molecule has 0 saturated carbocycles. The van der Waals surface area contributed by atoms with Crippen molar-refractivity contribution in [3.63, 3.8) is 0 Å². The number of nitrogens with one attached hydrogen (secondary N) is 1. The highest BCUT2D eigenvalue weighted by molar-refractivity contribution is 6.31. The first-order valence-corrected chi connectivity index (χ1v) is 8.80. The van der Waals surface area contributed by atoms with Crippen LogP contribution < -0.4 is 15.0 Å². The topological polar surface area (TPSA) is 58.6 Å².